The van der Waals surface area contributed by atoms with Crippen molar-refractivity contribution in [3.63, 3.8) is 0 Å². The molecule has 4 heterocycles. The van der Waals surface area contributed by atoms with E-state index in [1.54, 1.807) is 4.57 Å². The van der Waals surface area contributed by atoms with Crippen LogP contribution in [0.5, 0.6) is 0 Å². The summed E-state index contributed by atoms with van der Waals surface area (Å²) < 4.78 is 30.0. The van der Waals surface area contributed by atoms with Crippen molar-refractivity contribution in [2.24, 2.45) is 0 Å². The van der Waals surface area contributed by atoms with Crippen molar-refractivity contribution in [3.05, 3.63) is 12.7 Å². The van der Waals surface area contributed by atoms with Crippen LogP contribution in [0.25, 0.3) is 11.2 Å². The predicted octanol–water partition coefficient (Wildman–Crippen LogP) is 1.09. The van der Waals surface area contributed by atoms with Gasteiger partial charge >= 0.3 is 11.9 Å². The summed E-state index contributed by atoms with van der Waals surface area (Å²) >= 11 is 5.20. The van der Waals surface area contributed by atoms with Gasteiger partial charge in [-0.2, -0.15) is 0 Å². The van der Waals surface area contributed by atoms with Crippen molar-refractivity contribution < 1.29 is 33.3 Å². The van der Waals surface area contributed by atoms with E-state index >= 15 is 0 Å². The lowest BCUT2D eigenvalue weighted by atomic mass is 10.1. The van der Waals surface area contributed by atoms with Gasteiger partial charge in [-0.15, -0.1) is 0 Å². The van der Waals surface area contributed by atoms with Gasteiger partial charge in [-0.1, -0.05) is 6.92 Å². The molecule has 196 valence electrons. The summed E-state index contributed by atoms with van der Waals surface area (Å²) in [6.45, 7) is 6.43. The first-order chi connectivity index (χ1) is 17.4. The molecule has 36 heavy (non-hydrogen) atoms. The SMILES string of the molecule is CCCNC(=S)OC[C@@H]1O[C@@H](n2cnc3c(N[C@@H]4CCOC4)ncnc32)[C@H](OC(C)=O)[C@@H]1OC(C)=O. The Morgan fingerprint density at radius 3 is 2.67 bits per heavy atom. The Balaban J connectivity index is 1.62. The van der Waals surface area contributed by atoms with Gasteiger partial charge in [-0.05, 0) is 25.1 Å². The van der Waals surface area contributed by atoms with Crippen molar-refractivity contribution in [3.8, 4) is 0 Å². The van der Waals surface area contributed by atoms with Gasteiger partial charge in [0.05, 0.1) is 19.0 Å². The number of thiocarbonyl (C=S) groups is 1. The molecule has 4 rings (SSSR count). The Kier molecular flexibility index (Phi) is 8.48. The molecule has 2 aliphatic rings. The molecule has 2 fully saturated rings. The highest BCUT2D eigenvalue weighted by Gasteiger charge is 2.51. The van der Waals surface area contributed by atoms with Crippen LogP contribution in [0.15, 0.2) is 12.7 Å². The monoisotopic (exact) mass is 522 g/mol. The summed E-state index contributed by atoms with van der Waals surface area (Å²) in [5.74, 6) is -0.559. The van der Waals surface area contributed by atoms with Crippen LogP contribution in [0.3, 0.4) is 0 Å². The third kappa shape index (κ3) is 5.99. The van der Waals surface area contributed by atoms with Gasteiger partial charge in [0.15, 0.2) is 35.4 Å². The van der Waals surface area contributed by atoms with Crippen molar-refractivity contribution >= 4 is 46.3 Å². The number of nitrogens with one attached hydrogen (secondary N) is 2. The van der Waals surface area contributed by atoms with E-state index in [0.717, 1.165) is 12.8 Å². The average Bonchev–Trinajstić information content (AvgIpc) is 3.57. The average molecular weight is 523 g/mol. The topological polar surface area (TPSA) is 148 Å². The molecule has 14 heteroatoms. The molecule has 0 saturated carbocycles. The number of esters is 2. The number of hydrogen-bond donors (Lipinski definition) is 2. The molecule has 13 nitrogen and oxygen atoms in total. The minimum atomic E-state index is -0.982. The Labute approximate surface area is 213 Å². The molecule has 0 radical (unpaired) electrons. The Morgan fingerprint density at radius 2 is 1.97 bits per heavy atom. The zero-order valence-corrected chi connectivity index (χ0v) is 21.2. The Morgan fingerprint density at radius 1 is 1.19 bits per heavy atom. The number of carbonyl (C=O) groups excluding carboxylic acids is 2. The fraction of sp³-hybridized carbons (Fsp3) is 0.636. The largest absolute Gasteiger partial charge is 0.468 e. The van der Waals surface area contributed by atoms with Crippen LogP contribution in [0.1, 0.15) is 39.8 Å². The molecule has 0 unspecified atom stereocenters. The van der Waals surface area contributed by atoms with Crippen LogP contribution in [0.2, 0.25) is 0 Å². The quantitative estimate of drug-likeness (QED) is 0.358. The van der Waals surface area contributed by atoms with E-state index in [0.29, 0.717) is 36.7 Å². The second-order valence-electron chi connectivity index (χ2n) is 8.49. The van der Waals surface area contributed by atoms with E-state index in [4.69, 9.17) is 35.9 Å². The van der Waals surface area contributed by atoms with Crippen LogP contribution < -0.4 is 10.6 Å². The minimum Gasteiger partial charge on any atom is -0.468 e. The van der Waals surface area contributed by atoms with Gasteiger partial charge in [0.2, 0.25) is 0 Å². The summed E-state index contributed by atoms with van der Waals surface area (Å²) in [6, 6.07) is 0.116. The second kappa shape index (κ2) is 11.8. The molecule has 2 saturated heterocycles. The molecule has 5 atom stereocenters. The normalized spacial score (nSPS) is 25.5. The lowest BCUT2D eigenvalue weighted by Crippen LogP contribution is -2.41. The van der Waals surface area contributed by atoms with Gasteiger partial charge in [-0.3, -0.25) is 14.2 Å². The summed E-state index contributed by atoms with van der Waals surface area (Å²) in [5.41, 5.74) is 0.972. The molecular formula is C22H30N6O7S. The first-order valence-corrected chi connectivity index (χ1v) is 12.2. The van der Waals surface area contributed by atoms with Gasteiger partial charge < -0.3 is 34.3 Å². The summed E-state index contributed by atoms with van der Waals surface area (Å²) in [6.07, 6.45) is 1.06. The number of rotatable bonds is 9. The number of aromatic nitrogens is 4. The third-order valence-electron chi connectivity index (χ3n) is 5.69. The number of imidazole rings is 1. The highest BCUT2D eigenvalue weighted by atomic mass is 32.1. The molecular weight excluding hydrogens is 492 g/mol. The molecule has 0 bridgehead atoms. The maximum atomic E-state index is 12.0. The number of anilines is 1. The molecule has 2 aliphatic heterocycles. The van der Waals surface area contributed by atoms with Crippen molar-refractivity contribution in [2.45, 2.75) is 64.2 Å². The fourth-order valence-electron chi connectivity index (χ4n) is 4.14. The molecule has 2 N–H and O–H groups in total. The summed E-state index contributed by atoms with van der Waals surface area (Å²) in [4.78, 5) is 37.1. The van der Waals surface area contributed by atoms with Crippen LogP contribution in [-0.2, 0) is 33.3 Å². The first kappa shape index (κ1) is 26.0. The molecule has 0 amide bonds. The molecule has 0 aliphatic carbocycles. The number of fused-ring (bicyclic) bond motifs is 1. The first-order valence-electron chi connectivity index (χ1n) is 11.8. The van der Waals surface area contributed by atoms with Crippen LogP contribution in [0.4, 0.5) is 5.82 Å². The number of ether oxygens (including phenoxy) is 5. The minimum absolute atomic E-state index is 0.0299. The van der Waals surface area contributed by atoms with E-state index in [-0.39, 0.29) is 17.8 Å². The second-order valence-corrected chi connectivity index (χ2v) is 8.86. The third-order valence-corrected chi connectivity index (χ3v) is 5.95. The van der Waals surface area contributed by atoms with E-state index < -0.39 is 36.5 Å². The van der Waals surface area contributed by atoms with Crippen molar-refractivity contribution in [2.75, 3.05) is 31.7 Å². The summed E-state index contributed by atoms with van der Waals surface area (Å²) in [7, 11) is 0. The van der Waals surface area contributed by atoms with Crippen LogP contribution in [0, 0.1) is 0 Å². The maximum Gasteiger partial charge on any atom is 0.303 e. The number of nitrogens with zero attached hydrogens (tertiary/aromatic N) is 4. The lowest BCUT2D eigenvalue weighted by molar-refractivity contribution is -0.165. The van der Waals surface area contributed by atoms with E-state index in [2.05, 4.69) is 25.6 Å². The van der Waals surface area contributed by atoms with Gasteiger partial charge in [0.25, 0.3) is 5.17 Å². The smallest absolute Gasteiger partial charge is 0.303 e. The van der Waals surface area contributed by atoms with Gasteiger partial charge in [0, 0.05) is 27.0 Å². The molecule has 0 spiro atoms. The molecule has 2 aromatic heterocycles. The van der Waals surface area contributed by atoms with Gasteiger partial charge in [0.1, 0.15) is 19.0 Å². The van der Waals surface area contributed by atoms with Crippen molar-refractivity contribution in [1.29, 1.82) is 0 Å². The summed E-state index contributed by atoms with van der Waals surface area (Å²) in [5, 5.41) is 6.50. The zero-order valence-electron chi connectivity index (χ0n) is 20.3. The highest BCUT2D eigenvalue weighted by molar-refractivity contribution is 7.80. The number of carbonyl (C=O) groups is 2. The van der Waals surface area contributed by atoms with Crippen LogP contribution in [-0.4, -0.2) is 87.4 Å². The standard InChI is InChI=1S/C22H30N6O7S/c1-4-6-23-22(36)32-9-15-17(33-12(2)29)18(34-13(3)30)21(35-15)28-11-26-16-19(24-10-25-20(16)28)27-14-5-7-31-8-14/h10-11,14-15,17-18,21H,4-9H2,1-3H3,(H,23,36)(H,24,25,27)/t14-,15+,17-,18-,21-/m1/s1. The van der Waals surface area contributed by atoms with E-state index in [1.165, 1.54) is 26.5 Å². The van der Waals surface area contributed by atoms with Crippen LogP contribution >= 0.6 is 12.2 Å². The lowest BCUT2D eigenvalue weighted by Gasteiger charge is -2.24. The highest BCUT2D eigenvalue weighted by Crippen LogP contribution is 2.36. The molecule has 0 aromatic carbocycles. The molecule has 2 aromatic rings. The van der Waals surface area contributed by atoms with E-state index in [1.807, 2.05) is 6.92 Å². The maximum absolute atomic E-state index is 12.0. The number of hydrogen-bond acceptors (Lipinski definition) is 12. The van der Waals surface area contributed by atoms with Gasteiger partial charge in [-0.25, -0.2) is 15.0 Å². The van der Waals surface area contributed by atoms with E-state index in [9.17, 15) is 9.59 Å². The zero-order chi connectivity index (χ0) is 25.7. The fourth-order valence-corrected chi connectivity index (χ4v) is 4.31. The Hall–Kier alpha value is -3.10. The Bertz CT molecular complexity index is 1090. The van der Waals surface area contributed by atoms with Crippen molar-refractivity contribution in [1.82, 2.24) is 24.8 Å². The predicted molar refractivity (Wildman–Crippen MR) is 130 cm³/mol.